The zero-order valence-electron chi connectivity index (χ0n) is 10.3. The van der Waals surface area contributed by atoms with E-state index in [0.717, 1.165) is 30.6 Å². The minimum Gasteiger partial charge on any atom is -0.365 e. The fourth-order valence-electron chi connectivity index (χ4n) is 1.82. The number of hydrogen-bond donors (Lipinski definition) is 1. The van der Waals surface area contributed by atoms with Crippen LogP contribution in [0.25, 0.3) is 0 Å². The zero-order chi connectivity index (χ0) is 12.1. The highest BCUT2D eigenvalue weighted by molar-refractivity contribution is 8.14. The van der Waals surface area contributed by atoms with Crippen LogP contribution in [-0.4, -0.2) is 28.5 Å². The minimum atomic E-state index is 0.678. The predicted molar refractivity (Wildman–Crippen MR) is 77.0 cm³/mol. The quantitative estimate of drug-likeness (QED) is 0.893. The second-order valence-electron chi connectivity index (χ2n) is 4.67. The molecule has 5 heteroatoms. The highest BCUT2D eigenvalue weighted by atomic mass is 32.2. The van der Waals surface area contributed by atoms with Gasteiger partial charge in [-0.1, -0.05) is 25.6 Å². The number of nitrogens with zero attached hydrogens (tertiary/aromatic N) is 2. The molecule has 1 aliphatic heterocycles. The summed E-state index contributed by atoms with van der Waals surface area (Å²) in [6, 6.07) is 0. The maximum absolute atomic E-state index is 4.54. The molecule has 0 fully saturated rings. The van der Waals surface area contributed by atoms with E-state index in [4.69, 9.17) is 0 Å². The van der Waals surface area contributed by atoms with Gasteiger partial charge in [-0.15, -0.1) is 11.3 Å². The van der Waals surface area contributed by atoms with Crippen LogP contribution in [0.2, 0.25) is 0 Å². The molecule has 1 N–H and O–H groups in total. The number of nitrogens with one attached hydrogen (secondary N) is 1. The maximum Gasteiger partial charge on any atom is 0.156 e. The van der Waals surface area contributed by atoms with Gasteiger partial charge in [-0.25, -0.2) is 4.98 Å². The van der Waals surface area contributed by atoms with Crippen LogP contribution in [0.3, 0.4) is 0 Å². The average molecular weight is 269 g/mol. The summed E-state index contributed by atoms with van der Waals surface area (Å²) in [7, 11) is 0. The largest absolute Gasteiger partial charge is 0.365 e. The van der Waals surface area contributed by atoms with Crippen LogP contribution in [0, 0.1) is 5.92 Å². The Bertz CT molecular complexity index is 360. The molecule has 17 heavy (non-hydrogen) atoms. The van der Waals surface area contributed by atoms with Gasteiger partial charge in [0, 0.05) is 23.6 Å². The Morgan fingerprint density at radius 1 is 1.53 bits per heavy atom. The van der Waals surface area contributed by atoms with Gasteiger partial charge in [0.2, 0.25) is 0 Å². The topological polar surface area (TPSA) is 37.3 Å². The molecule has 0 bridgehead atoms. The Morgan fingerprint density at radius 2 is 2.41 bits per heavy atom. The van der Waals surface area contributed by atoms with Crippen molar-refractivity contribution in [2.45, 2.75) is 31.9 Å². The lowest BCUT2D eigenvalue weighted by Crippen LogP contribution is -2.22. The minimum absolute atomic E-state index is 0.678. The second kappa shape index (κ2) is 6.40. The predicted octanol–water partition coefficient (Wildman–Crippen LogP) is 2.79. The Labute approximate surface area is 111 Å². The fraction of sp³-hybridized carbons (Fsp3) is 0.667. The summed E-state index contributed by atoms with van der Waals surface area (Å²) in [5.74, 6) is 0.761. The third-order valence-electron chi connectivity index (χ3n) is 2.59. The van der Waals surface area contributed by atoms with Gasteiger partial charge in [0.25, 0.3) is 0 Å². The summed E-state index contributed by atoms with van der Waals surface area (Å²) < 4.78 is 0. The first-order valence-electron chi connectivity index (χ1n) is 6.06. The lowest BCUT2D eigenvalue weighted by Gasteiger charge is -2.10. The third kappa shape index (κ3) is 4.32. The Morgan fingerprint density at radius 3 is 3.12 bits per heavy atom. The Kier molecular flexibility index (Phi) is 4.86. The van der Waals surface area contributed by atoms with Gasteiger partial charge in [0.15, 0.2) is 5.17 Å². The van der Waals surface area contributed by atoms with E-state index < -0.39 is 0 Å². The lowest BCUT2D eigenvalue weighted by atomic mass is 10.1. The summed E-state index contributed by atoms with van der Waals surface area (Å²) in [6.07, 6.45) is 2.24. The highest BCUT2D eigenvalue weighted by Crippen LogP contribution is 2.25. The standard InChI is InChI=1S/C12H19N3S2/c1-9(2)5-11-6-14-12(17-11)13-4-3-10-7-16-8-15-10/h7-9,11H,3-6H2,1-2H3,(H,13,14). The fourth-order valence-corrected chi connectivity index (χ4v) is 3.69. The second-order valence-corrected chi connectivity index (χ2v) is 6.68. The van der Waals surface area contributed by atoms with E-state index in [1.807, 2.05) is 17.3 Å². The molecule has 0 radical (unpaired) electrons. The van der Waals surface area contributed by atoms with Gasteiger partial charge in [-0.3, -0.25) is 4.99 Å². The van der Waals surface area contributed by atoms with Crippen LogP contribution in [0.15, 0.2) is 15.9 Å². The first-order valence-corrected chi connectivity index (χ1v) is 7.88. The van der Waals surface area contributed by atoms with Crippen molar-refractivity contribution >= 4 is 28.3 Å². The molecule has 3 nitrogen and oxygen atoms in total. The van der Waals surface area contributed by atoms with Crippen molar-refractivity contribution < 1.29 is 0 Å². The van der Waals surface area contributed by atoms with Crippen molar-refractivity contribution in [2.24, 2.45) is 10.9 Å². The monoisotopic (exact) mass is 269 g/mol. The number of thiazole rings is 1. The molecule has 94 valence electrons. The molecule has 0 saturated carbocycles. The molecule has 2 heterocycles. The third-order valence-corrected chi connectivity index (χ3v) is 4.40. The van der Waals surface area contributed by atoms with E-state index >= 15 is 0 Å². The van der Waals surface area contributed by atoms with Gasteiger partial charge in [0.1, 0.15) is 0 Å². The molecule has 0 saturated heterocycles. The number of amidine groups is 1. The molecular formula is C12H19N3S2. The molecule has 1 unspecified atom stereocenters. The van der Waals surface area contributed by atoms with E-state index in [1.165, 1.54) is 12.1 Å². The van der Waals surface area contributed by atoms with Crippen LogP contribution in [-0.2, 0) is 6.42 Å². The van der Waals surface area contributed by atoms with Crippen LogP contribution < -0.4 is 5.32 Å². The van der Waals surface area contributed by atoms with E-state index in [2.05, 4.69) is 34.5 Å². The van der Waals surface area contributed by atoms with Gasteiger partial charge in [-0.2, -0.15) is 0 Å². The number of rotatable bonds is 5. The lowest BCUT2D eigenvalue weighted by molar-refractivity contribution is 0.575. The first kappa shape index (κ1) is 12.9. The molecule has 0 aromatic carbocycles. The van der Waals surface area contributed by atoms with Crippen molar-refractivity contribution in [3.8, 4) is 0 Å². The average Bonchev–Trinajstić information content (AvgIpc) is 2.89. The van der Waals surface area contributed by atoms with Crippen LogP contribution >= 0.6 is 23.1 Å². The summed E-state index contributed by atoms with van der Waals surface area (Å²) in [4.78, 5) is 8.81. The SMILES string of the molecule is CC(C)CC1CN=C(NCCc2cscn2)S1. The zero-order valence-corrected chi connectivity index (χ0v) is 12.0. The maximum atomic E-state index is 4.54. The summed E-state index contributed by atoms with van der Waals surface area (Å²) in [5, 5.41) is 7.30. The molecule has 1 atom stereocenters. The van der Waals surface area contributed by atoms with Crippen molar-refractivity contribution in [3.05, 3.63) is 16.6 Å². The first-order chi connectivity index (χ1) is 8.24. The van der Waals surface area contributed by atoms with Crippen LogP contribution in [0.1, 0.15) is 26.0 Å². The summed E-state index contributed by atoms with van der Waals surface area (Å²) in [5.41, 5.74) is 3.06. The van der Waals surface area contributed by atoms with Gasteiger partial charge in [-0.05, 0) is 12.3 Å². The molecule has 0 aliphatic carbocycles. The number of hydrogen-bond acceptors (Lipinski definition) is 5. The van der Waals surface area contributed by atoms with E-state index in [0.29, 0.717) is 5.25 Å². The van der Waals surface area contributed by atoms with Crippen LogP contribution in [0.4, 0.5) is 0 Å². The van der Waals surface area contributed by atoms with Gasteiger partial charge in [0.05, 0.1) is 17.7 Å². The Hall–Kier alpha value is -0.550. The summed E-state index contributed by atoms with van der Waals surface area (Å²) in [6.45, 7) is 6.45. The number of aromatic nitrogens is 1. The Balaban J connectivity index is 1.64. The van der Waals surface area contributed by atoms with Gasteiger partial charge >= 0.3 is 0 Å². The van der Waals surface area contributed by atoms with Crippen LogP contribution in [0.5, 0.6) is 0 Å². The number of aliphatic imine (C=N–C) groups is 1. The van der Waals surface area contributed by atoms with E-state index in [-0.39, 0.29) is 0 Å². The molecule has 1 aromatic heterocycles. The highest BCUT2D eigenvalue weighted by Gasteiger charge is 2.19. The molecular weight excluding hydrogens is 250 g/mol. The smallest absolute Gasteiger partial charge is 0.156 e. The molecule has 1 aliphatic rings. The molecule has 2 rings (SSSR count). The van der Waals surface area contributed by atoms with E-state index in [9.17, 15) is 0 Å². The van der Waals surface area contributed by atoms with Gasteiger partial charge < -0.3 is 5.32 Å². The molecule has 1 aromatic rings. The van der Waals surface area contributed by atoms with E-state index in [1.54, 1.807) is 11.3 Å². The molecule has 0 spiro atoms. The van der Waals surface area contributed by atoms with Crippen molar-refractivity contribution in [2.75, 3.05) is 13.1 Å². The van der Waals surface area contributed by atoms with Crippen molar-refractivity contribution in [3.63, 3.8) is 0 Å². The summed E-state index contributed by atoms with van der Waals surface area (Å²) >= 11 is 3.55. The van der Waals surface area contributed by atoms with Crippen molar-refractivity contribution in [1.82, 2.24) is 10.3 Å². The number of thioether (sulfide) groups is 1. The normalized spacial score (nSPS) is 19.7. The van der Waals surface area contributed by atoms with Crippen molar-refractivity contribution in [1.29, 1.82) is 0 Å². The molecule has 0 amide bonds.